The van der Waals surface area contributed by atoms with Crippen LogP contribution in [0.3, 0.4) is 0 Å². The molecule has 2 aromatic heterocycles. The molecule has 288 valence electrons. The molecule has 57 heavy (non-hydrogen) atoms. The molecule has 0 saturated carbocycles. The van der Waals surface area contributed by atoms with Crippen molar-refractivity contribution in [3.63, 3.8) is 0 Å². The van der Waals surface area contributed by atoms with Gasteiger partial charge in [-0.2, -0.15) is 33.2 Å². The van der Waals surface area contributed by atoms with Crippen molar-refractivity contribution >= 4 is 86.1 Å². The van der Waals surface area contributed by atoms with E-state index in [0.29, 0.717) is 5.56 Å². The van der Waals surface area contributed by atoms with Crippen LogP contribution in [0.2, 0.25) is 5.02 Å². The third-order valence-corrected chi connectivity index (χ3v) is 8.76. The third-order valence-electron chi connectivity index (χ3n) is 7.59. The number of carboxylic acids is 4. The van der Waals surface area contributed by atoms with Gasteiger partial charge in [0.15, 0.2) is 11.5 Å². The van der Waals surface area contributed by atoms with Gasteiger partial charge < -0.3 is 36.8 Å². The van der Waals surface area contributed by atoms with Crippen LogP contribution in [0, 0.1) is 0 Å². The van der Waals surface area contributed by atoms with Gasteiger partial charge in [0, 0.05) is 16.9 Å². The van der Waals surface area contributed by atoms with E-state index in [1.807, 2.05) is 0 Å². The third kappa shape index (κ3) is 8.78. The first-order chi connectivity index (χ1) is 27.0. The minimum Gasteiger partial charge on any atom is -0.478 e. The van der Waals surface area contributed by atoms with Crippen LogP contribution in [-0.2, 0) is 10.1 Å². The molecule has 0 radical (unpaired) electrons. The number of rotatable bonds is 13. The van der Waals surface area contributed by atoms with Crippen molar-refractivity contribution in [1.29, 1.82) is 0 Å². The first-order valence-corrected chi connectivity index (χ1v) is 17.4. The molecule has 0 unspecified atom stereocenters. The average molecular weight is 815 g/mol. The van der Waals surface area contributed by atoms with Crippen molar-refractivity contribution in [3.8, 4) is 17.2 Å². The first-order valence-electron chi connectivity index (χ1n) is 15.6. The van der Waals surface area contributed by atoms with E-state index in [4.69, 9.17) is 17.3 Å². The summed E-state index contributed by atoms with van der Waals surface area (Å²) >= 11 is 6.23. The highest BCUT2D eigenvalue weighted by Gasteiger charge is 2.23. The van der Waals surface area contributed by atoms with Crippen LogP contribution in [0.5, 0.6) is 0 Å². The number of carbonyl (C=O) groups is 4. The van der Waals surface area contributed by atoms with Crippen LogP contribution in [0.1, 0.15) is 41.4 Å². The number of aromatic nitrogens is 5. The standard InChI is InChI=1S/C34H23ClN10O11S/c35-23-7-6-22(57(54,55)56)14-24(23)42-43-26-25(15-4-2-1-3-5-15)44-45(27(26)36)34-40-32(37-20-10-16(28(46)47)8-17(11-20)29(48)49)39-33(41-34)38-21-12-18(30(50)51)9-19(13-21)31(52)53/h1-14H,36H2,(H,46,47)(H,48,49)(H,50,51)(H,52,53)(H,54,55,56)(H2,37,38,39,40,41)/b43-42+. The number of nitrogens with one attached hydrogen (secondary N) is 2. The van der Waals surface area contributed by atoms with E-state index in [9.17, 15) is 52.6 Å². The van der Waals surface area contributed by atoms with Crippen LogP contribution >= 0.6 is 11.6 Å². The summed E-state index contributed by atoms with van der Waals surface area (Å²) < 4.78 is 34.0. The van der Waals surface area contributed by atoms with Gasteiger partial charge in [-0.25, -0.2) is 19.2 Å². The Balaban J connectivity index is 1.54. The van der Waals surface area contributed by atoms with Crippen LogP contribution in [0.15, 0.2) is 100 Å². The fraction of sp³-hybridized carbons (Fsp3) is 0. The topological polar surface area (TPSA) is 335 Å². The molecule has 6 rings (SSSR count). The normalized spacial score (nSPS) is 11.3. The van der Waals surface area contributed by atoms with Gasteiger partial charge in [0.2, 0.25) is 11.9 Å². The molecule has 0 amide bonds. The molecular weight excluding hydrogens is 792 g/mol. The molecule has 0 aliphatic heterocycles. The highest BCUT2D eigenvalue weighted by atomic mass is 35.5. The number of anilines is 5. The Morgan fingerprint density at radius 3 is 1.63 bits per heavy atom. The predicted molar refractivity (Wildman–Crippen MR) is 200 cm³/mol. The van der Waals surface area contributed by atoms with Crippen LogP contribution in [-0.4, -0.2) is 82.0 Å². The van der Waals surface area contributed by atoms with Gasteiger partial charge in [0.1, 0.15) is 11.4 Å². The number of hydrogen-bond donors (Lipinski definition) is 8. The largest absolute Gasteiger partial charge is 0.478 e. The van der Waals surface area contributed by atoms with Crippen molar-refractivity contribution in [2.45, 2.75) is 4.90 Å². The summed E-state index contributed by atoms with van der Waals surface area (Å²) in [6, 6.07) is 17.8. The smallest absolute Gasteiger partial charge is 0.335 e. The number of nitrogen functional groups attached to an aromatic ring is 1. The highest BCUT2D eigenvalue weighted by molar-refractivity contribution is 7.85. The Morgan fingerprint density at radius 2 is 1.18 bits per heavy atom. The summed E-state index contributed by atoms with van der Waals surface area (Å²) in [6.45, 7) is 0. The Labute approximate surface area is 323 Å². The summed E-state index contributed by atoms with van der Waals surface area (Å²) in [7, 11) is -4.65. The Hall–Kier alpha value is -7.82. The van der Waals surface area contributed by atoms with Gasteiger partial charge in [0.05, 0.1) is 32.2 Å². The molecule has 9 N–H and O–H groups in total. The van der Waals surface area contributed by atoms with Gasteiger partial charge >= 0.3 is 23.9 Å². The number of halogens is 1. The summed E-state index contributed by atoms with van der Waals surface area (Å²) in [6.07, 6.45) is 0. The Bertz CT molecular complexity index is 2620. The molecule has 23 heteroatoms. The molecular formula is C34H23ClN10O11S. The number of nitrogens with zero attached hydrogens (tertiary/aromatic N) is 7. The van der Waals surface area contributed by atoms with Crippen molar-refractivity contribution in [1.82, 2.24) is 24.7 Å². The first kappa shape index (κ1) is 38.9. The molecule has 4 aromatic carbocycles. The lowest BCUT2D eigenvalue weighted by Gasteiger charge is -2.12. The summed E-state index contributed by atoms with van der Waals surface area (Å²) in [4.78, 5) is 59.6. The van der Waals surface area contributed by atoms with Crippen molar-refractivity contribution < 1.29 is 52.6 Å². The molecule has 0 aliphatic rings. The van der Waals surface area contributed by atoms with E-state index in [2.05, 4.69) is 40.9 Å². The van der Waals surface area contributed by atoms with Gasteiger partial charge in [-0.1, -0.05) is 41.9 Å². The molecule has 0 aliphatic carbocycles. The minimum absolute atomic E-state index is 0.0432. The van der Waals surface area contributed by atoms with Gasteiger partial charge in [-0.05, 0) is 54.6 Å². The van der Waals surface area contributed by atoms with E-state index in [1.165, 1.54) is 6.07 Å². The summed E-state index contributed by atoms with van der Waals surface area (Å²) in [5.74, 6) is -7.18. The summed E-state index contributed by atoms with van der Waals surface area (Å²) in [5.41, 5.74) is 4.98. The molecule has 0 saturated heterocycles. The molecule has 0 fully saturated rings. The van der Waals surface area contributed by atoms with Crippen LogP contribution in [0.25, 0.3) is 17.2 Å². The Kier molecular flexibility index (Phi) is 10.6. The predicted octanol–water partition coefficient (Wildman–Crippen LogP) is 5.90. The fourth-order valence-electron chi connectivity index (χ4n) is 5.02. The zero-order valence-corrected chi connectivity index (χ0v) is 29.8. The molecule has 0 bridgehead atoms. The number of aromatic carboxylic acids is 4. The van der Waals surface area contributed by atoms with Crippen molar-refractivity contribution in [3.05, 3.63) is 112 Å². The minimum atomic E-state index is -4.65. The monoisotopic (exact) mass is 814 g/mol. The lowest BCUT2D eigenvalue weighted by atomic mass is 10.1. The van der Waals surface area contributed by atoms with Gasteiger partial charge in [-0.3, -0.25) is 4.55 Å². The average Bonchev–Trinajstić information content (AvgIpc) is 3.49. The molecule has 21 nitrogen and oxygen atoms in total. The maximum Gasteiger partial charge on any atom is 0.335 e. The molecule has 0 atom stereocenters. The maximum atomic E-state index is 11.8. The molecule has 0 spiro atoms. The second-order valence-electron chi connectivity index (χ2n) is 11.5. The number of hydrogen-bond acceptors (Lipinski definition) is 15. The van der Waals surface area contributed by atoms with Gasteiger partial charge in [0.25, 0.3) is 16.1 Å². The van der Waals surface area contributed by atoms with Crippen molar-refractivity contribution in [2.75, 3.05) is 16.4 Å². The van der Waals surface area contributed by atoms with E-state index in [1.54, 1.807) is 30.3 Å². The molecule has 2 heterocycles. The van der Waals surface area contributed by atoms with E-state index < -0.39 is 61.1 Å². The van der Waals surface area contributed by atoms with Crippen LogP contribution < -0.4 is 16.4 Å². The Morgan fingerprint density at radius 1 is 0.684 bits per heavy atom. The number of benzene rings is 4. The number of nitrogens with two attached hydrogens (primary N) is 1. The lowest BCUT2D eigenvalue weighted by molar-refractivity contribution is 0.0676. The van der Waals surface area contributed by atoms with E-state index in [-0.39, 0.29) is 57.1 Å². The number of azo groups is 1. The lowest BCUT2D eigenvalue weighted by Crippen LogP contribution is -2.13. The van der Waals surface area contributed by atoms with E-state index >= 15 is 0 Å². The highest BCUT2D eigenvalue weighted by Crippen LogP contribution is 2.38. The maximum absolute atomic E-state index is 11.8. The van der Waals surface area contributed by atoms with Crippen molar-refractivity contribution in [2.24, 2.45) is 10.2 Å². The zero-order chi connectivity index (χ0) is 41.2. The second-order valence-corrected chi connectivity index (χ2v) is 13.3. The second kappa shape index (κ2) is 15.5. The zero-order valence-electron chi connectivity index (χ0n) is 28.3. The van der Waals surface area contributed by atoms with Crippen LogP contribution in [0.4, 0.5) is 40.5 Å². The number of carboxylic acid groups (broad SMARTS) is 4. The van der Waals surface area contributed by atoms with E-state index in [0.717, 1.165) is 53.2 Å². The quantitative estimate of drug-likeness (QED) is 0.0496. The molecule has 6 aromatic rings. The SMILES string of the molecule is Nc1c(/N=N/c2cc(S(=O)(=O)O)ccc2Cl)c(-c2ccccc2)nn1-c1nc(Nc2cc(C(=O)O)cc(C(=O)O)c2)nc(Nc2cc(C(=O)O)cc(C(=O)O)c2)n1. The van der Waals surface area contributed by atoms with Gasteiger partial charge in [-0.15, -0.1) is 10.2 Å². The summed E-state index contributed by atoms with van der Waals surface area (Å²) in [5, 5.41) is 56.5. The fourth-order valence-corrected chi connectivity index (χ4v) is 5.68.